The van der Waals surface area contributed by atoms with Crippen molar-refractivity contribution < 1.29 is 29.1 Å². The van der Waals surface area contributed by atoms with Crippen LogP contribution in [0.1, 0.15) is 73.2 Å². The zero-order valence-electron chi connectivity index (χ0n) is 18.1. The lowest BCUT2D eigenvalue weighted by atomic mass is 9.80. The van der Waals surface area contributed by atoms with Gasteiger partial charge in [0, 0.05) is 18.5 Å². The van der Waals surface area contributed by atoms with Crippen molar-refractivity contribution in [3.63, 3.8) is 0 Å². The maximum atomic E-state index is 13.1. The van der Waals surface area contributed by atoms with Crippen molar-refractivity contribution in [1.29, 1.82) is 0 Å². The zero-order chi connectivity index (χ0) is 23.1. The molecule has 9 heteroatoms. The molecular weight excluding hydrogens is 402 g/mol. The molecule has 166 valence electrons. The van der Waals surface area contributed by atoms with Crippen LogP contribution in [-0.4, -0.2) is 51.2 Å². The average molecular weight is 429 g/mol. The van der Waals surface area contributed by atoms with Gasteiger partial charge in [-0.3, -0.25) is 34.2 Å². The first-order chi connectivity index (χ1) is 14.3. The molecule has 0 spiro atoms. The molecule has 2 heterocycles. The van der Waals surface area contributed by atoms with E-state index in [-0.39, 0.29) is 30.5 Å². The predicted octanol–water partition coefficient (Wildman–Crippen LogP) is 1.46. The monoisotopic (exact) mass is 429 g/mol. The van der Waals surface area contributed by atoms with Gasteiger partial charge in [-0.15, -0.1) is 0 Å². The summed E-state index contributed by atoms with van der Waals surface area (Å²) in [5, 5.41) is 14.9. The van der Waals surface area contributed by atoms with Gasteiger partial charge in [-0.05, 0) is 52.2 Å². The Labute approximate surface area is 180 Å². The summed E-state index contributed by atoms with van der Waals surface area (Å²) in [4.78, 5) is 62.1. The van der Waals surface area contributed by atoms with E-state index in [0.717, 1.165) is 4.90 Å². The summed E-state index contributed by atoms with van der Waals surface area (Å²) in [6.07, 6.45) is 0.506. The second kappa shape index (κ2) is 7.88. The third kappa shape index (κ3) is 4.36. The average Bonchev–Trinajstić information content (AvgIpc) is 2.91. The fraction of sp³-hybridized carbons (Fsp3) is 0.500. The van der Waals surface area contributed by atoms with Crippen LogP contribution in [0.3, 0.4) is 0 Å². The first-order valence-electron chi connectivity index (χ1n) is 10.2. The number of amides is 4. The van der Waals surface area contributed by atoms with E-state index in [1.807, 2.05) is 13.8 Å². The third-order valence-electron chi connectivity index (χ3n) is 5.77. The van der Waals surface area contributed by atoms with Crippen molar-refractivity contribution in [2.24, 2.45) is 5.41 Å². The van der Waals surface area contributed by atoms with Gasteiger partial charge in [-0.2, -0.15) is 0 Å². The largest absolute Gasteiger partial charge is 0.481 e. The smallest absolute Gasteiger partial charge is 0.309 e. The molecule has 0 aliphatic carbocycles. The van der Waals surface area contributed by atoms with E-state index >= 15 is 0 Å². The first kappa shape index (κ1) is 22.6. The number of nitrogens with one attached hydrogen (secondary N) is 2. The second-order valence-electron chi connectivity index (χ2n) is 9.39. The van der Waals surface area contributed by atoms with Crippen molar-refractivity contribution in [3.05, 3.63) is 34.9 Å². The Balaban J connectivity index is 1.82. The molecule has 0 aromatic heterocycles. The van der Waals surface area contributed by atoms with Crippen molar-refractivity contribution in [3.8, 4) is 0 Å². The lowest BCUT2D eigenvalue weighted by Gasteiger charge is -2.33. The molecule has 1 aromatic rings. The summed E-state index contributed by atoms with van der Waals surface area (Å²) in [5.74, 6) is -3.08. The molecule has 1 fully saturated rings. The van der Waals surface area contributed by atoms with Gasteiger partial charge < -0.3 is 10.4 Å². The van der Waals surface area contributed by atoms with E-state index in [0.29, 0.717) is 12.0 Å². The van der Waals surface area contributed by atoms with Gasteiger partial charge in [0.05, 0.1) is 16.5 Å². The number of carboxylic acids is 1. The maximum absolute atomic E-state index is 13.1. The van der Waals surface area contributed by atoms with E-state index in [4.69, 9.17) is 0 Å². The Morgan fingerprint density at radius 3 is 2.45 bits per heavy atom. The highest BCUT2D eigenvalue weighted by atomic mass is 16.4. The maximum Gasteiger partial charge on any atom is 0.309 e. The van der Waals surface area contributed by atoms with E-state index in [9.17, 15) is 29.1 Å². The fourth-order valence-electron chi connectivity index (χ4n) is 4.31. The summed E-state index contributed by atoms with van der Waals surface area (Å²) in [6, 6.07) is 3.93. The van der Waals surface area contributed by atoms with Crippen LogP contribution in [-0.2, 0) is 20.9 Å². The normalized spacial score (nSPS) is 19.5. The molecule has 3 N–H and O–H groups in total. The van der Waals surface area contributed by atoms with Crippen LogP contribution in [0.4, 0.5) is 0 Å². The SMILES string of the molecule is CC(C)(CC(C)(C)C(=O)O)NCc1cccc2c1C(=O)N(C1CCC(=O)NC1=O)C2=O. The van der Waals surface area contributed by atoms with Crippen molar-refractivity contribution in [1.82, 2.24) is 15.5 Å². The fourth-order valence-corrected chi connectivity index (χ4v) is 4.31. The molecule has 1 aromatic carbocycles. The third-order valence-corrected chi connectivity index (χ3v) is 5.77. The molecule has 2 aliphatic rings. The van der Waals surface area contributed by atoms with E-state index in [2.05, 4.69) is 10.6 Å². The van der Waals surface area contributed by atoms with Crippen LogP contribution in [0.25, 0.3) is 0 Å². The minimum absolute atomic E-state index is 0.0613. The minimum Gasteiger partial charge on any atom is -0.481 e. The van der Waals surface area contributed by atoms with Crippen LogP contribution in [0.2, 0.25) is 0 Å². The highest BCUT2D eigenvalue weighted by Crippen LogP contribution is 2.31. The van der Waals surface area contributed by atoms with Gasteiger partial charge in [0.15, 0.2) is 0 Å². The Kier molecular flexibility index (Phi) is 5.75. The molecule has 0 bridgehead atoms. The standard InChI is InChI=1S/C22H27N3O6/c1-21(2,20(30)31)11-22(3,4)23-10-12-6-5-7-13-16(12)19(29)25(18(13)28)14-8-9-15(26)24-17(14)27/h5-7,14,23H,8-11H2,1-4H3,(H,30,31)(H,24,26,27). The number of aliphatic carboxylic acids is 1. The number of carboxylic acid groups (broad SMARTS) is 1. The number of carbonyl (C=O) groups excluding carboxylic acids is 4. The van der Waals surface area contributed by atoms with Crippen LogP contribution < -0.4 is 10.6 Å². The highest BCUT2D eigenvalue weighted by molar-refractivity contribution is 6.24. The van der Waals surface area contributed by atoms with E-state index < -0.39 is 46.6 Å². The number of hydrogen-bond donors (Lipinski definition) is 3. The molecule has 1 atom stereocenters. The molecule has 0 radical (unpaired) electrons. The molecule has 4 amide bonds. The van der Waals surface area contributed by atoms with Crippen molar-refractivity contribution in [2.75, 3.05) is 0 Å². The molecule has 1 saturated heterocycles. The van der Waals surface area contributed by atoms with E-state index in [1.165, 1.54) is 0 Å². The van der Waals surface area contributed by atoms with Crippen LogP contribution in [0.5, 0.6) is 0 Å². The van der Waals surface area contributed by atoms with Crippen molar-refractivity contribution in [2.45, 2.75) is 65.1 Å². The summed E-state index contributed by atoms with van der Waals surface area (Å²) in [5.41, 5.74) is -0.453. The quantitative estimate of drug-likeness (QED) is 0.559. The number of carbonyl (C=O) groups is 5. The molecule has 2 aliphatic heterocycles. The number of fused-ring (bicyclic) bond motifs is 1. The highest BCUT2D eigenvalue weighted by Gasteiger charge is 2.45. The molecule has 31 heavy (non-hydrogen) atoms. The molecule has 0 saturated carbocycles. The lowest BCUT2D eigenvalue weighted by molar-refractivity contribution is -0.148. The van der Waals surface area contributed by atoms with Gasteiger partial charge in [0.2, 0.25) is 11.8 Å². The summed E-state index contributed by atoms with van der Waals surface area (Å²) >= 11 is 0. The topological polar surface area (TPSA) is 133 Å². The number of imide groups is 2. The van der Waals surface area contributed by atoms with Gasteiger partial charge in [-0.25, -0.2) is 0 Å². The number of rotatable bonds is 7. The molecule has 9 nitrogen and oxygen atoms in total. The van der Waals surface area contributed by atoms with Gasteiger partial charge in [-0.1, -0.05) is 12.1 Å². The number of benzene rings is 1. The molecular formula is C22H27N3O6. The van der Waals surface area contributed by atoms with Gasteiger partial charge in [0.1, 0.15) is 6.04 Å². The summed E-state index contributed by atoms with van der Waals surface area (Å²) in [6.45, 7) is 7.30. The molecule has 1 unspecified atom stereocenters. The van der Waals surface area contributed by atoms with Gasteiger partial charge in [0.25, 0.3) is 11.8 Å². The Morgan fingerprint density at radius 2 is 1.84 bits per heavy atom. The Morgan fingerprint density at radius 1 is 1.16 bits per heavy atom. The lowest BCUT2D eigenvalue weighted by Crippen LogP contribution is -2.54. The van der Waals surface area contributed by atoms with Crippen LogP contribution in [0.15, 0.2) is 18.2 Å². The Hall–Kier alpha value is -3.07. The number of hydrogen-bond acceptors (Lipinski definition) is 6. The Bertz CT molecular complexity index is 981. The van der Waals surface area contributed by atoms with Crippen LogP contribution >= 0.6 is 0 Å². The number of nitrogens with zero attached hydrogens (tertiary/aromatic N) is 1. The van der Waals surface area contributed by atoms with E-state index in [1.54, 1.807) is 32.0 Å². The first-order valence-corrected chi connectivity index (χ1v) is 10.2. The number of piperidine rings is 1. The molecule has 3 rings (SSSR count). The van der Waals surface area contributed by atoms with Gasteiger partial charge >= 0.3 is 5.97 Å². The van der Waals surface area contributed by atoms with Crippen molar-refractivity contribution >= 4 is 29.6 Å². The second-order valence-corrected chi connectivity index (χ2v) is 9.39. The summed E-state index contributed by atoms with van der Waals surface area (Å²) < 4.78 is 0. The summed E-state index contributed by atoms with van der Waals surface area (Å²) in [7, 11) is 0. The predicted molar refractivity (Wildman–Crippen MR) is 110 cm³/mol. The minimum atomic E-state index is -1.02. The van der Waals surface area contributed by atoms with Crippen LogP contribution in [0, 0.1) is 5.41 Å². The zero-order valence-corrected chi connectivity index (χ0v) is 18.1.